The van der Waals surface area contributed by atoms with Crippen molar-refractivity contribution in [2.75, 3.05) is 13.2 Å². The Morgan fingerprint density at radius 3 is 2.71 bits per heavy atom. The van der Waals surface area contributed by atoms with Gasteiger partial charge in [-0.15, -0.1) is 0 Å². The monoisotopic (exact) mass is 329 g/mol. The summed E-state index contributed by atoms with van der Waals surface area (Å²) in [6, 6.07) is 8.21. The summed E-state index contributed by atoms with van der Waals surface area (Å²) in [5.74, 6) is -1.43. The number of hydrogen-bond acceptors (Lipinski definition) is 5. The van der Waals surface area contributed by atoms with E-state index in [9.17, 15) is 9.59 Å². The van der Waals surface area contributed by atoms with Crippen LogP contribution < -0.4 is 10.6 Å². The highest BCUT2D eigenvalue weighted by atomic mass is 16.5. The van der Waals surface area contributed by atoms with Crippen LogP contribution in [0, 0.1) is 11.3 Å². The van der Waals surface area contributed by atoms with Gasteiger partial charge in [-0.05, 0) is 30.5 Å². The highest BCUT2D eigenvalue weighted by Crippen LogP contribution is 2.10. The van der Waals surface area contributed by atoms with E-state index in [0.717, 1.165) is 18.4 Å². The van der Waals surface area contributed by atoms with Crippen LogP contribution in [0.25, 0.3) is 0 Å². The molecule has 126 valence electrons. The molecule has 1 heterocycles. The zero-order valence-electron chi connectivity index (χ0n) is 13.1. The minimum absolute atomic E-state index is 0.0184. The maximum Gasteiger partial charge on any atom is 0.335 e. The lowest BCUT2D eigenvalue weighted by Crippen LogP contribution is -2.32. The van der Waals surface area contributed by atoms with E-state index in [2.05, 4.69) is 10.6 Å². The Labute approximate surface area is 139 Å². The zero-order valence-corrected chi connectivity index (χ0v) is 13.1. The molecule has 0 aromatic heterocycles. The Balaban J connectivity index is 1.82. The summed E-state index contributed by atoms with van der Waals surface area (Å²) in [5.41, 5.74) is 1.03. The second-order valence-electron chi connectivity index (χ2n) is 5.40. The molecule has 1 unspecified atom stereocenters. The first-order valence-corrected chi connectivity index (χ1v) is 7.66. The summed E-state index contributed by atoms with van der Waals surface area (Å²) >= 11 is 0. The number of nitriles is 1. The maximum atomic E-state index is 11.9. The van der Waals surface area contributed by atoms with Crippen LogP contribution in [0.4, 0.5) is 0 Å². The number of nitrogens with zero attached hydrogens (tertiary/aromatic N) is 1. The molecular formula is C17H19N3O4. The highest BCUT2D eigenvalue weighted by molar-refractivity contribution is 5.97. The van der Waals surface area contributed by atoms with E-state index in [1.807, 2.05) is 6.07 Å². The molecule has 0 saturated carbocycles. The number of carboxylic acids is 1. The van der Waals surface area contributed by atoms with E-state index in [1.54, 1.807) is 12.1 Å². The van der Waals surface area contributed by atoms with Crippen LogP contribution in [0.1, 0.15) is 28.8 Å². The van der Waals surface area contributed by atoms with Gasteiger partial charge in [-0.1, -0.05) is 12.1 Å². The molecule has 1 saturated heterocycles. The predicted octanol–water partition coefficient (Wildman–Crippen LogP) is 1.18. The van der Waals surface area contributed by atoms with E-state index < -0.39 is 11.9 Å². The van der Waals surface area contributed by atoms with Crippen LogP contribution in [0.5, 0.6) is 0 Å². The van der Waals surface area contributed by atoms with Gasteiger partial charge in [-0.2, -0.15) is 5.26 Å². The average molecular weight is 329 g/mol. The standard InChI is InChI=1S/C17H19N3O4/c18-8-14(16(21)20-11-15-2-1-7-24-15)10-19-9-12-3-5-13(6-4-12)17(22)23/h3-6,10,15,19H,1-2,7,9,11H2,(H,20,21)(H,22,23)/b14-10-. The topological polar surface area (TPSA) is 111 Å². The van der Waals surface area contributed by atoms with E-state index >= 15 is 0 Å². The quantitative estimate of drug-likeness (QED) is 0.511. The zero-order chi connectivity index (χ0) is 17.4. The number of carbonyl (C=O) groups is 2. The summed E-state index contributed by atoms with van der Waals surface area (Å²) in [5, 5.41) is 23.5. The lowest BCUT2D eigenvalue weighted by atomic mass is 10.1. The third-order valence-electron chi connectivity index (χ3n) is 3.63. The fourth-order valence-electron chi connectivity index (χ4n) is 2.29. The number of rotatable bonds is 7. The molecule has 2 rings (SSSR count). The molecule has 1 fully saturated rings. The van der Waals surface area contributed by atoms with Crippen LogP contribution in [-0.4, -0.2) is 36.2 Å². The first kappa shape index (κ1) is 17.5. The predicted molar refractivity (Wildman–Crippen MR) is 85.9 cm³/mol. The molecule has 24 heavy (non-hydrogen) atoms. The van der Waals surface area contributed by atoms with Gasteiger partial charge < -0.3 is 20.5 Å². The Morgan fingerprint density at radius 2 is 2.12 bits per heavy atom. The third-order valence-corrected chi connectivity index (χ3v) is 3.63. The Hall–Kier alpha value is -2.85. The van der Waals surface area contributed by atoms with Gasteiger partial charge in [0.25, 0.3) is 5.91 Å². The lowest BCUT2D eigenvalue weighted by Gasteiger charge is -2.10. The SMILES string of the molecule is N#C/C(=C/NCc1ccc(C(=O)O)cc1)C(=O)NCC1CCCO1. The van der Waals surface area contributed by atoms with Crippen molar-refractivity contribution < 1.29 is 19.4 Å². The van der Waals surface area contributed by atoms with Crippen molar-refractivity contribution in [3.8, 4) is 6.07 Å². The fraction of sp³-hybridized carbons (Fsp3) is 0.353. The number of benzene rings is 1. The van der Waals surface area contributed by atoms with Gasteiger partial charge in [-0.3, -0.25) is 4.79 Å². The van der Waals surface area contributed by atoms with Gasteiger partial charge in [0.15, 0.2) is 0 Å². The number of hydrogen-bond donors (Lipinski definition) is 3. The van der Waals surface area contributed by atoms with Gasteiger partial charge in [0.05, 0.1) is 11.7 Å². The van der Waals surface area contributed by atoms with Crippen LogP contribution in [0.15, 0.2) is 36.0 Å². The number of carbonyl (C=O) groups excluding carboxylic acids is 1. The Kier molecular flexibility index (Phi) is 6.34. The molecule has 1 aromatic carbocycles. The molecule has 1 aromatic rings. The van der Waals surface area contributed by atoms with Crippen LogP contribution in [0.3, 0.4) is 0 Å². The van der Waals surface area contributed by atoms with Crippen molar-refractivity contribution in [2.45, 2.75) is 25.5 Å². The Bertz CT molecular complexity index is 655. The minimum atomic E-state index is -0.982. The van der Waals surface area contributed by atoms with Crippen LogP contribution in [-0.2, 0) is 16.1 Å². The molecule has 3 N–H and O–H groups in total. The van der Waals surface area contributed by atoms with Crippen molar-refractivity contribution >= 4 is 11.9 Å². The molecule has 0 aliphatic carbocycles. The van der Waals surface area contributed by atoms with Crippen molar-refractivity contribution in [3.05, 3.63) is 47.2 Å². The maximum absolute atomic E-state index is 11.9. The van der Waals surface area contributed by atoms with Crippen molar-refractivity contribution in [1.82, 2.24) is 10.6 Å². The summed E-state index contributed by atoms with van der Waals surface area (Å²) < 4.78 is 5.41. The minimum Gasteiger partial charge on any atom is -0.478 e. The molecular weight excluding hydrogens is 310 g/mol. The van der Waals surface area contributed by atoms with E-state index in [-0.39, 0.29) is 17.2 Å². The van der Waals surface area contributed by atoms with Gasteiger partial charge in [0, 0.05) is 25.9 Å². The first-order valence-electron chi connectivity index (χ1n) is 7.66. The van der Waals surface area contributed by atoms with E-state index in [0.29, 0.717) is 19.7 Å². The van der Waals surface area contributed by atoms with Crippen molar-refractivity contribution in [3.63, 3.8) is 0 Å². The number of amides is 1. The number of nitrogens with one attached hydrogen (secondary N) is 2. The Morgan fingerprint density at radius 1 is 1.38 bits per heavy atom. The largest absolute Gasteiger partial charge is 0.478 e. The highest BCUT2D eigenvalue weighted by Gasteiger charge is 2.17. The molecule has 0 radical (unpaired) electrons. The molecule has 1 aliphatic rings. The molecule has 7 heteroatoms. The molecule has 1 amide bonds. The van der Waals surface area contributed by atoms with Crippen LogP contribution >= 0.6 is 0 Å². The van der Waals surface area contributed by atoms with Gasteiger partial charge in [0.1, 0.15) is 11.6 Å². The van der Waals surface area contributed by atoms with Gasteiger partial charge in [0.2, 0.25) is 0 Å². The third kappa shape index (κ3) is 5.11. The molecule has 7 nitrogen and oxygen atoms in total. The summed E-state index contributed by atoms with van der Waals surface area (Å²) in [6.07, 6.45) is 3.28. The molecule has 1 aliphatic heterocycles. The average Bonchev–Trinajstić information content (AvgIpc) is 3.10. The van der Waals surface area contributed by atoms with Crippen molar-refractivity contribution in [2.24, 2.45) is 0 Å². The van der Waals surface area contributed by atoms with E-state index in [4.69, 9.17) is 15.1 Å². The normalized spacial score (nSPS) is 17.1. The van der Waals surface area contributed by atoms with E-state index in [1.165, 1.54) is 18.3 Å². The molecule has 1 atom stereocenters. The smallest absolute Gasteiger partial charge is 0.335 e. The van der Waals surface area contributed by atoms with Crippen LogP contribution in [0.2, 0.25) is 0 Å². The lowest BCUT2D eigenvalue weighted by molar-refractivity contribution is -0.117. The summed E-state index contributed by atoms with van der Waals surface area (Å²) in [4.78, 5) is 22.7. The number of ether oxygens (including phenoxy) is 1. The molecule has 0 bridgehead atoms. The van der Waals surface area contributed by atoms with Gasteiger partial charge in [-0.25, -0.2) is 4.79 Å². The van der Waals surface area contributed by atoms with Gasteiger partial charge >= 0.3 is 5.97 Å². The summed E-state index contributed by atoms with van der Waals surface area (Å²) in [6.45, 7) is 1.49. The first-order chi connectivity index (χ1) is 11.6. The molecule has 0 spiro atoms. The fourth-order valence-corrected chi connectivity index (χ4v) is 2.29. The van der Waals surface area contributed by atoms with Crippen molar-refractivity contribution in [1.29, 1.82) is 5.26 Å². The number of carboxylic acid groups (broad SMARTS) is 1. The second-order valence-corrected chi connectivity index (χ2v) is 5.40. The number of aromatic carboxylic acids is 1. The second kappa shape index (κ2) is 8.70. The summed E-state index contributed by atoms with van der Waals surface area (Å²) in [7, 11) is 0.